The molecule has 1 aromatic rings. The summed E-state index contributed by atoms with van der Waals surface area (Å²) in [6, 6.07) is 5.15. The first-order chi connectivity index (χ1) is 7.31. The molecule has 0 aromatic heterocycles. The Hall–Kier alpha value is -1.57. The summed E-state index contributed by atoms with van der Waals surface area (Å²) in [7, 11) is -9.56. The van der Waals surface area contributed by atoms with Crippen LogP contribution in [0.25, 0.3) is 10.4 Å². The van der Waals surface area contributed by atoms with E-state index in [4.69, 9.17) is 5.53 Å². The van der Waals surface area contributed by atoms with Crippen molar-refractivity contribution in [2.45, 2.75) is 11.8 Å². The first-order valence-electron chi connectivity index (χ1n) is 3.94. The molecule has 1 aromatic carbocycles. The Balaban J connectivity index is 3.45. The highest BCUT2D eigenvalue weighted by Gasteiger charge is 2.30. The van der Waals surface area contributed by atoms with Crippen molar-refractivity contribution in [2.75, 3.05) is 0 Å². The van der Waals surface area contributed by atoms with Crippen molar-refractivity contribution in [3.05, 3.63) is 40.3 Å². The van der Waals surface area contributed by atoms with Gasteiger partial charge in [0, 0.05) is 9.43 Å². The molecule has 86 valence electrons. The van der Waals surface area contributed by atoms with Gasteiger partial charge in [-0.2, -0.15) is 0 Å². The molecule has 16 heavy (non-hydrogen) atoms. The molecule has 0 saturated heterocycles. The van der Waals surface area contributed by atoms with Crippen molar-refractivity contribution in [2.24, 2.45) is 4.52 Å². The highest BCUT2D eigenvalue weighted by molar-refractivity contribution is 8.66. The lowest BCUT2D eigenvalue weighted by Crippen LogP contribution is -2.12. The number of hydrogen-bond acceptors (Lipinski definition) is 4. The van der Waals surface area contributed by atoms with Crippen LogP contribution < -0.4 is 0 Å². The second kappa shape index (κ2) is 4.12. The SMILES string of the molecule is Cc1ccc(S(=O)(=O)S(=O)(=O)N=[N+]=[N-])cc1. The van der Waals surface area contributed by atoms with Gasteiger partial charge >= 0.3 is 9.06 Å². The van der Waals surface area contributed by atoms with Crippen molar-refractivity contribution in [1.29, 1.82) is 0 Å². The van der Waals surface area contributed by atoms with Crippen LogP contribution in [-0.2, 0) is 17.9 Å². The van der Waals surface area contributed by atoms with Gasteiger partial charge in [0.2, 0.25) is 0 Å². The van der Waals surface area contributed by atoms with Gasteiger partial charge in [-0.25, -0.2) is 16.8 Å². The van der Waals surface area contributed by atoms with E-state index in [1.807, 2.05) is 4.91 Å². The number of aryl methyl sites for hydroxylation is 1. The lowest BCUT2D eigenvalue weighted by Gasteiger charge is -2.01. The molecule has 0 heterocycles. The predicted molar refractivity (Wildman–Crippen MR) is 56.4 cm³/mol. The molecule has 0 aliphatic heterocycles. The fraction of sp³-hybridized carbons (Fsp3) is 0.143. The van der Waals surface area contributed by atoms with Gasteiger partial charge in [-0.1, -0.05) is 17.7 Å². The van der Waals surface area contributed by atoms with Crippen molar-refractivity contribution >= 4 is 17.9 Å². The number of azide groups is 1. The zero-order chi connectivity index (χ0) is 12.4. The Morgan fingerprint density at radius 3 is 2.06 bits per heavy atom. The zero-order valence-electron chi connectivity index (χ0n) is 8.10. The van der Waals surface area contributed by atoms with Crippen LogP contribution in [0.3, 0.4) is 0 Å². The van der Waals surface area contributed by atoms with Gasteiger partial charge in [-0.05, 0) is 24.6 Å². The maximum absolute atomic E-state index is 11.5. The number of benzene rings is 1. The van der Waals surface area contributed by atoms with E-state index in [1.165, 1.54) is 12.1 Å². The standard InChI is InChI=1S/C7H7N3O4S2/c1-6-2-4-7(5-3-6)15(11,12)16(13,14)10-9-8/h2-5H,1H3. The van der Waals surface area contributed by atoms with E-state index in [0.717, 1.165) is 17.7 Å². The average Bonchev–Trinajstić information content (AvgIpc) is 2.18. The molecule has 0 aliphatic rings. The lowest BCUT2D eigenvalue weighted by atomic mass is 10.2. The van der Waals surface area contributed by atoms with E-state index in [9.17, 15) is 16.8 Å². The molecule has 0 spiro atoms. The Bertz CT molecular complexity index is 639. The highest BCUT2D eigenvalue weighted by Crippen LogP contribution is 2.18. The lowest BCUT2D eigenvalue weighted by molar-refractivity contribution is 0.583. The maximum atomic E-state index is 11.5. The molecule has 0 amide bonds. The topological polar surface area (TPSA) is 117 Å². The van der Waals surface area contributed by atoms with Crippen molar-refractivity contribution in [3.63, 3.8) is 0 Å². The second-order valence-electron chi connectivity index (χ2n) is 2.87. The summed E-state index contributed by atoms with van der Waals surface area (Å²) < 4.78 is 47.6. The van der Waals surface area contributed by atoms with Gasteiger partial charge in [0.1, 0.15) is 0 Å². The maximum Gasteiger partial charge on any atom is 0.345 e. The monoisotopic (exact) mass is 261 g/mol. The van der Waals surface area contributed by atoms with Gasteiger partial charge in [0.05, 0.1) is 4.90 Å². The van der Waals surface area contributed by atoms with E-state index < -0.39 is 22.8 Å². The van der Waals surface area contributed by atoms with Crippen LogP contribution in [0.1, 0.15) is 5.56 Å². The first-order valence-corrected chi connectivity index (χ1v) is 7.38. The number of rotatable bonds is 3. The summed E-state index contributed by atoms with van der Waals surface area (Å²) in [5.41, 5.74) is 8.75. The van der Waals surface area contributed by atoms with Crippen LogP contribution in [-0.4, -0.2) is 16.8 Å². The molecule has 0 aliphatic carbocycles. The van der Waals surface area contributed by atoms with Crippen LogP contribution in [0, 0.1) is 6.92 Å². The van der Waals surface area contributed by atoms with Gasteiger partial charge in [-0.15, -0.1) is 0 Å². The zero-order valence-corrected chi connectivity index (χ0v) is 9.73. The highest BCUT2D eigenvalue weighted by atomic mass is 33.2. The fourth-order valence-electron chi connectivity index (χ4n) is 0.915. The van der Waals surface area contributed by atoms with Crippen molar-refractivity contribution in [3.8, 4) is 0 Å². The normalized spacial score (nSPS) is 11.8. The Morgan fingerprint density at radius 2 is 1.62 bits per heavy atom. The summed E-state index contributed by atoms with van der Waals surface area (Å²) >= 11 is 0. The summed E-state index contributed by atoms with van der Waals surface area (Å²) in [5.74, 6) is 0. The van der Waals surface area contributed by atoms with Crippen LogP contribution >= 0.6 is 0 Å². The summed E-state index contributed by atoms with van der Waals surface area (Å²) in [6.07, 6.45) is 0. The molecule has 9 heteroatoms. The van der Waals surface area contributed by atoms with Crippen LogP contribution in [0.4, 0.5) is 0 Å². The van der Waals surface area contributed by atoms with E-state index in [-0.39, 0.29) is 0 Å². The van der Waals surface area contributed by atoms with Crippen LogP contribution in [0.2, 0.25) is 0 Å². The molecule has 0 N–H and O–H groups in total. The fourth-order valence-corrected chi connectivity index (χ4v) is 3.22. The molecular formula is C7H7N3O4S2. The van der Waals surface area contributed by atoms with Gasteiger partial charge in [-0.3, -0.25) is 0 Å². The van der Waals surface area contributed by atoms with E-state index >= 15 is 0 Å². The Labute approximate surface area is 91.7 Å². The second-order valence-corrected chi connectivity index (χ2v) is 7.84. The Kier molecular flexibility index (Phi) is 3.22. The summed E-state index contributed by atoms with van der Waals surface area (Å²) in [4.78, 5) is 1.55. The molecule has 0 saturated carbocycles. The van der Waals surface area contributed by atoms with Crippen LogP contribution in [0.5, 0.6) is 0 Å². The minimum absolute atomic E-state index is 0.425. The van der Waals surface area contributed by atoms with E-state index in [2.05, 4.69) is 4.52 Å². The molecular weight excluding hydrogens is 254 g/mol. The molecule has 0 bridgehead atoms. The molecule has 0 fully saturated rings. The van der Waals surface area contributed by atoms with E-state index in [1.54, 1.807) is 6.92 Å². The molecule has 0 radical (unpaired) electrons. The third-order valence-electron chi connectivity index (χ3n) is 1.72. The minimum atomic E-state index is -4.90. The number of nitrogens with zero attached hydrogens (tertiary/aromatic N) is 3. The predicted octanol–water partition coefficient (Wildman–Crippen LogP) is 1.32. The van der Waals surface area contributed by atoms with Gasteiger partial charge in [0.25, 0.3) is 8.87 Å². The molecule has 0 atom stereocenters. The first kappa shape index (κ1) is 12.5. The summed E-state index contributed by atoms with van der Waals surface area (Å²) in [5, 5.41) is 0. The van der Waals surface area contributed by atoms with E-state index in [0.29, 0.717) is 0 Å². The largest absolute Gasteiger partial charge is 0.345 e. The van der Waals surface area contributed by atoms with Crippen molar-refractivity contribution < 1.29 is 16.8 Å². The van der Waals surface area contributed by atoms with Crippen LogP contribution in [0.15, 0.2) is 33.7 Å². The molecule has 7 nitrogen and oxygen atoms in total. The molecule has 0 unspecified atom stereocenters. The average molecular weight is 261 g/mol. The van der Waals surface area contributed by atoms with Crippen molar-refractivity contribution in [1.82, 2.24) is 0 Å². The Morgan fingerprint density at radius 1 is 1.12 bits per heavy atom. The smallest absolute Gasteiger partial charge is 0.207 e. The van der Waals surface area contributed by atoms with Gasteiger partial charge in [0.15, 0.2) is 0 Å². The summed E-state index contributed by atoms with van der Waals surface area (Å²) in [6.45, 7) is 1.72. The van der Waals surface area contributed by atoms with Gasteiger partial charge < -0.3 is 0 Å². The third kappa shape index (κ3) is 2.16. The third-order valence-corrected chi connectivity index (χ3v) is 5.84. The molecule has 1 rings (SSSR count). The quantitative estimate of drug-likeness (QED) is 0.353. The minimum Gasteiger partial charge on any atom is -0.207 e. The number of hydrogen-bond donors (Lipinski definition) is 0.